The van der Waals surface area contributed by atoms with Crippen LogP contribution in [0.4, 0.5) is 11.4 Å². The molecule has 0 unspecified atom stereocenters. The molecule has 0 radical (unpaired) electrons. The summed E-state index contributed by atoms with van der Waals surface area (Å²) < 4.78 is 0. The molecule has 124 valence electrons. The molecule has 1 amide bonds. The van der Waals surface area contributed by atoms with Crippen LogP contribution in [0, 0.1) is 4.91 Å². The summed E-state index contributed by atoms with van der Waals surface area (Å²) in [4.78, 5) is 28.8. The maximum Gasteiger partial charge on any atom is 0.318 e. The predicted octanol–water partition coefficient (Wildman–Crippen LogP) is 4.58. The highest BCUT2D eigenvalue weighted by atomic mass is 16.8. The Bertz CT molecular complexity index is 890. The average molecular weight is 333 g/mol. The molecule has 0 aliphatic rings. The number of hydrogen-bond acceptors (Lipinski definition) is 3. The summed E-state index contributed by atoms with van der Waals surface area (Å²) in [7, 11) is 1.28. The van der Waals surface area contributed by atoms with Gasteiger partial charge in [-0.3, -0.25) is 4.79 Å². The molecule has 3 aromatic rings. The standard InChI is InChI=1S/C20H16N2O3/c1-25-22(24)19-9-5-8-18(14-19)21-20(23)17-12-10-16(11-13-17)15-6-3-2-4-7-15/h2-14H,1H3/p+1. The summed E-state index contributed by atoms with van der Waals surface area (Å²) >= 11 is 0. The lowest BCUT2D eigenvalue weighted by Crippen LogP contribution is -2.12. The zero-order chi connectivity index (χ0) is 17.6. The molecule has 0 spiro atoms. The van der Waals surface area contributed by atoms with Crippen molar-refractivity contribution in [3.8, 4) is 11.1 Å². The van der Waals surface area contributed by atoms with E-state index in [0.717, 1.165) is 11.1 Å². The van der Waals surface area contributed by atoms with E-state index in [0.29, 0.717) is 21.9 Å². The Labute approximate surface area is 145 Å². The van der Waals surface area contributed by atoms with Gasteiger partial charge in [-0.1, -0.05) is 48.5 Å². The van der Waals surface area contributed by atoms with Gasteiger partial charge in [0.2, 0.25) is 0 Å². The molecule has 3 rings (SSSR count). The van der Waals surface area contributed by atoms with E-state index >= 15 is 0 Å². The Kier molecular flexibility index (Phi) is 4.85. The molecular weight excluding hydrogens is 316 g/mol. The van der Waals surface area contributed by atoms with Crippen molar-refractivity contribution in [2.75, 3.05) is 12.4 Å². The first-order chi connectivity index (χ1) is 12.2. The lowest BCUT2D eigenvalue weighted by molar-refractivity contribution is -0.736. The minimum atomic E-state index is -0.244. The Morgan fingerprint density at radius 1 is 0.880 bits per heavy atom. The van der Waals surface area contributed by atoms with Crippen LogP contribution in [0.5, 0.6) is 0 Å². The fourth-order valence-corrected chi connectivity index (χ4v) is 2.45. The fraction of sp³-hybridized carbons (Fsp3) is 0.0500. The number of hydrogen-bond donors (Lipinski definition) is 1. The second-order valence-corrected chi connectivity index (χ2v) is 5.39. The normalized spacial score (nSPS) is 10.1. The van der Waals surface area contributed by atoms with Crippen molar-refractivity contribution in [3.63, 3.8) is 0 Å². The van der Waals surface area contributed by atoms with Crippen LogP contribution in [0.2, 0.25) is 0 Å². The van der Waals surface area contributed by atoms with Crippen molar-refractivity contribution >= 4 is 17.3 Å². The minimum Gasteiger partial charge on any atom is -0.322 e. The number of nitrogens with zero attached hydrogens (tertiary/aromatic N) is 1. The van der Waals surface area contributed by atoms with Gasteiger partial charge in [0.1, 0.15) is 0 Å². The number of benzene rings is 3. The quantitative estimate of drug-likeness (QED) is 0.695. The molecule has 0 atom stereocenters. The highest BCUT2D eigenvalue weighted by Crippen LogP contribution is 2.21. The first kappa shape index (κ1) is 16.4. The van der Waals surface area contributed by atoms with Crippen molar-refractivity contribution in [1.82, 2.24) is 0 Å². The summed E-state index contributed by atoms with van der Waals surface area (Å²) in [5, 5.41) is 2.78. The molecule has 25 heavy (non-hydrogen) atoms. The summed E-state index contributed by atoms with van der Waals surface area (Å²) in [6.45, 7) is 0. The maximum absolute atomic E-state index is 12.4. The smallest absolute Gasteiger partial charge is 0.318 e. The monoisotopic (exact) mass is 333 g/mol. The zero-order valence-electron chi connectivity index (χ0n) is 13.7. The number of amides is 1. The number of anilines is 1. The first-order valence-corrected chi connectivity index (χ1v) is 7.75. The molecule has 1 N–H and O–H groups in total. The van der Waals surface area contributed by atoms with Gasteiger partial charge in [0.25, 0.3) is 10.8 Å². The Balaban J connectivity index is 1.74. The molecule has 0 bridgehead atoms. The van der Waals surface area contributed by atoms with Gasteiger partial charge in [-0.2, -0.15) is 0 Å². The molecule has 5 nitrogen and oxygen atoms in total. The second-order valence-electron chi connectivity index (χ2n) is 5.39. The van der Waals surface area contributed by atoms with Crippen molar-refractivity contribution in [2.24, 2.45) is 0 Å². The van der Waals surface area contributed by atoms with Crippen molar-refractivity contribution in [1.29, 1.82) is 0 Å². The Hall–Kier alpha value is -3.47. The predicted molar refractivity (Wildman–Crippen MR) is 96.6 cm³/mol. The van der Waals surface area contributed by atoms with E-state index in [4.69, 9.17) is 0 Å². The van der Waals surface area contributed by atoms with Crippen LogP contribution < -0.4 is 5.32 Å². The number of carbonyl (C=O) groups is 1. The van der Waals surface area contributed by atoms with Crippen molar-refractivity contribution in [2.45, 2.75) is 0 Å². The van der Waals surface area contributed by atoms with E-state index in [1.165, 1.54) is 7.11 Å². The van der Waals surface area contributed by atoms with Crippen LogP contribution in [0.15, 0.2) is 78.9 Å². The molecule has 0 aliphatic carbocycles. The van der Waals surface area contributed by atoms with Crippen LogP contribution >= 0.6 is 0 Å². The SMILES string of the molecule is CO[N+](=O)c1cccc(NC(=O)c2ccc(-c3ccccc3)cc2)c1. The Morgan fingerprint density at radius 2 is 1.56 bits per heavy atom. The minimum absolute atomic E-state index is 0.244. The number of rotatable bonds is 5. The van der Waals surface area contributed by atoms with Gasteiger partial charge in [0, 0.05) is 23.4 Å². The first-order valence-electron chi connectivity index (χ1n) is 7.75. The molecule has 5 heteroatoms. The maximum atomic E-state index is 12.4. The van der Waals surface area contributed by atoms with E-state index < -0.39 is 0 Å². The molecular formula is C20H17N2O3+. The van der Waals surface area contributed by atoms with E-state index in [9.17, 15) is 9.70 Å². The van der Waals surface area contributed by atoms with Crippen LogP contribution in [0.25, 0.3) is 11.1 Å². The van der Waals surface area contributed by atoms with Gasteiger partial charge in [-0.05, 0) is 29.3 Å². The lowest BCUT2D eigenvalue weighted by atomic mass is 10.0. The van der Waals surface area contributed by atoms with Gasteiger partial charge >= 0.3 is 5.69 Å². The summed E-state index contributed by atoms with van der Waals surface area (Å²) in [5.41, 5.74) is 3.50. The molecule has 0 fully saturated rings. The van der Waals surface area contributed by atoms with E-state index in [1.54, 1.807) is 36.4 Å². The van der Waals surface area contributed by atoms with E-state index in [-0.39, 0.29) is 5.91 Å². The summed E-state index contributed by atoms with van der Waals surface area (Å²) in [6.07, 6.45) is 0. The van der Waals surface area contributed by atoms with Crippen molar-refractivity contribution in [3.05, 3.63) is 89.3 Å². The highest BCUT2D eigenvalue weighted by Gasteiger charge is 2.15. The van der Waals surface area contributed by atoms with Gasteiger partial charge in [-0.25, -0.2) is 4.84 Å². The average Bonchev–Trinajstić information content (AvgIpc) is 2.68. The molecule has 0 aromatic heterocycles. The molecule has 0 heterocycles. The third-order valence-corrected chi connectivity index (χ3v) is 3.73. The number of nitrogens with one attached hydrogen (secondary N) is 1. The largest absolute Gasteiger partial charge is 0.322 e. The highest BCUT2D eigenvalue weighted by molar-refractivity contribution is 6.04. The van der Waals surface area contributed by atoms with Gasteiger partial charge in [-0.15, -0.1) is 0 Å². The summed E-state index contributed by atoms with van der Waals surface area (Å²) in [5.74, 6) is -0.244. The van der Waals surface area contributed by atoms with Crippen LogP contribution in [0.1, 0.15) is 10.4 Å². The topological polar surface area (TPSA) is 58.4 Å². The van der Waals surface area contributed by atoms with Gasteiger partial charge in [0.05, 0.1) is 4.91 Å². The molecule has 0 saturated heterocycles. The van der Waals surface area contributed by atoms with E-state index in [1.807, 2.05) is 42.5 Å². The van der Waals surface area contributed by atoms with E-state index in [2.05, 4.69) is 10.2 Å². The van der Waals surface area contributed by atoms with Crippen LogP contribution in [0.3, 0.4) is 0 Å². The summed E-state index contributed by atoms with van der Waals surface area (Å²) in [6, 6.07) is 23.8. The molecule has 0 saturated carbocycles. The molecule has 3 aromatic carbocycles. The van der Waals surface area contributed by atoms with Gasteiger partial charge < -0.3 is 5.32 Å². The lowest BCUT2D eigenvalue weighted by Gasteiger charge is -2.06. The fourth-order valence-electron chi connectivity index (χ4n) is 2.45. The third kappa shape index (κ3) is 3.90. The number of carbonyl (C=O) groups excluding carboxylic acids is 1. The zero-order valence-corrected chi connectivity index (χ0v) is 13.7. The second kappa shape index (κ2) is 7.40. The van der Waals surface area contributed by atoms with Crippen molar-refractivity contribution < 1.29 is 14.6 Å². The van der Waals surface area contributed by atoms with Crippen LogP contribution in [-0.4, -0.2) is 17.9 Å². The van der Waals surface area contributed by atoms with Crippen LogP contribution in [-0.2, 0) is 4.84 Å². The Morgan fingerprint density at radius 3 is 2.24 bits per heavy atom. The third-order valence-electron chi connectivity index (χ3n) is 3.73. The molecule has 0 aliphatic heterocycles. The van der Waals surface area contributed by atoms with Gasteiger partial charge in [0.15, 0.2) is 7.11 Å².